The number of hydrogen-bond donors (Lipinski definition) is 0. The van der Waals surface area contributed by atoms with Gasteiger partial charge in [0, 0.05) is 22.5 Å². The first-order valence-corrected chi connectivity index (χ1v) is 16.4. The summed E-state index contributed by atoms with van der Waals surface area (Å²) in [7, 11) is 0. The van der Waals surface area contributed by atoms with Gasteiger partial charge in [0.05, 0.1) is 16.8 Å². The van der Waals surface area contributed by atoms with Crippen molar-refractivity contribution in [1.29, 1.82) is 0 Å². The molecular formula is C44H39N. The third-order valence-electron chi connectivity index (χ3n) is 10.7. The molecule has 4 aromatic rings. The normalized spacial score (nSPS) is 24.9. The zero-order valence-corrected chi connectivity index (χ0v) is 26.5. The van der Waals surface area contributed by atoms with Crippen LogP contribution in [0.5, 0.6) is 0 Å². The summed E-state index contributed by atoms with van der Waals surface area (Å²) in [6.07, 6.45) is 9.93. The fraction of sp³-hybridized carbons (Fsp3) is 0.205. The first-order valence-electron chi connectivity index (χ1n) is 16.4. The van der Waals surface area contributed by atoms with Crippen LogP contribution in [0, 0.1) is 28.6 Å². The molecule has 0 saturated heterocycles. The van der Waals surface area contributed by atoms with E-state index in [-0.39, 0.29) is 11.3 Å². The van der Waals surface area contributed by atoms with Crippen molar-refractivity contribution in [2.75, 3.05) is 0 Å². The highest BCUT2D eigenvalue weighted by Crippen LogP contribution is 2.78. The van der Waals surface area contributed by atoms with Crippen molar-refractivity contribution < 1.29 is 0 Å². The molecule has 4 aliphatic rings. The minimum atomic E-state index is -0.493. The highest BCUT2D eigenvalue weighted by molar-refractivity contribution is 6.29. The summed E-state index contributed by atoms with van der Waals surface area (Å²) in [5.41, 5.74) is 13.4. The van der Waals surface area contributed by atoms with E-state index in [0.717, 1.165) is 5.70 Å². The second-order valence-electron chi connectivity index (χ2n) is 13.5. The molecule has 0 fully saturated rings. The summed E-state index contributed by atoms with van der Waals surface area (Å²) >= 11 is 0. The van der Waals surface area contributed by atoms with Crippen molar-refractivity contribution in [3.8, 4) is 0 Å². The smallest absolute Gasteiger partial charge is 0.0765 e. The molecule has 1 heteroatoms. The van der Waals surface area contributed by atoms with E-state index in [4.69, 9.17) is 4.99 Å². The van der Waals surface area contributed by atoms with Crippen LogP contribution >= 0.6 is 0 Å². The molecule has 3 atom stereocenters. The van der Waals surface area contributed by atoms with E-state index in [1.165, 1.54) is 55.8 Å². The molecule has 0 amide bonds. The molecule has 1 aliphatic heterocycles. The summed E-state index contributed by atoms with van der Waals surface area (Å²) in [5.74, 6) is 0.775. The van der Waals surface area contributed by atoms with E-state index < -0.39 is 5.41 Å². The van der Waals surface area contributed by atoms with E-state index in [9.17, 15) is 0 Å². The second kappa shape index (κ2) is 10.4. The summed E-state index contributed by atoms with van der Waals surface area (Å²) in [5, 5.41) is 0. The van der Waals surface area contributed by atoms with Crippen LogP contribution in [0.2, 0.25) is 0 Å². The standard InChI is InChI=1S/C44H39N/c1-29(2)35-26-17-27-43(30(3)4)37-28-36(31-18-9-5-10-19-31)40-41(34-24-15-8-16-25-34)45-42(35)44(40,43)39(33-22-13-7-14-23-33)38(37)32-20-11-6-12-21-32/h5-30,37H,1-4H3. The van der Waals surface area contributed by atoms with Crippen LogP contribution in [0.3, 0.4) is 0 Å². The first kappa shape index (κ1) is 27.8. The summed E-state index contributed by atoms with van der Waals surface area (Å²) in [6.45, 7) is 9.53. The molecule has 8 rings (SSSR count). The fourth-order valence-corrected chi connectivity index (χ4v) is 8.99. The fourth-order valence-electron chi connectivity index (χ4n) is 8.99. The van der Waals surface area contributed by atoms with Crippen molar-refractivity contribution in [1.82, 2.24) is 0 Å². The van der Waals surface area contributed by atoms with Crippen LogP contribution in [-0.4, -0.2) is 5.71 Å². The SMILES string of the molecule is CC(C)C1=CC=CC2(C(C)C)C3C=C(c4ccccc4)C4=C(c5ccccc5)N=C1C42C(c1ccccc1)=C3c1ccccc1. The highest BCUT2D eigenvalue weighted by atomic mass is 14.9. The first-order chi connectivity index (χ1) is 22.0. The van der Waals surface area contributed by atoms with Gasteiger partial charge in [-0.25, -0.2) is 0 Å². The molecule has 0 aromatic heterocycles. The Labute approximate surface area is 267 Å². The predicted octanol–water partition coefficient (Wildman–Crippen LogP) is 11.0. The van der Waals surface area contributed by atoms with Crippen LogP contribution in [0.4, 0.5) is 0 Å². The van der Waals surface area contributed by atoms with Crippen molar-refractivity contribution in [2.24, 2.45) is 33.6 Å². The quantitative estimate of drug-likeness (QED) is 0.215. The molecule has 2 bridgehead atoms. The number of aliphatic imine (C=N–C) groups is 1. The molecule has 0 N–H and O–H groups in total. The molecule has 45 heavy (non-hydrogen) atoms. The van der Waals surface area contributed by atoms with Crippen molar-refractivity contribution in [3.63, 3.8) is 0 Å². The Morgan fingerprint density at radius 3 is 1.69 bits per heavy atom. The van der Waals surface area contributed by atoms with Gasteiger partial charge in [0.2, 0.25) is 0 Å². The highest BCUT2D eigenvalue weighted by Gasteiger charge is 2.72. The number of nitrogens with zero attached hydrogens (tertiary/aromatic N) is 1. The maximum atomic E-state index is 5.88. The zero-order valence-electron chi connectivity index (χ0n) is 26.5. The van der Waals surface area contributed by atoms with Crippen LogP contribution in [0.15, 0.2) is 162 Å². The van der Waals surface area contributed by atoms with Gasteiger partial charge in [-0.2, -0.15) is 0 Å². The van der Waals surface area contributed by atoms with Crippen LogP contribution < -0.4 is 0 Å². The van der Waals surface area contributed by atoms with Crippen molar-refractivity contribution in [2.45, 2.75) is 27.7 Å². The van der Waals surface area contributed by atoms with Gasteiger partial charge in [-0.3, -0.25) is 4.99 Å². The number of hydrogen-bond acceptors (Lipinski definition) is 1. The number of allylic oxidation sites excluding steroid dienone is 9. The monoisotopic (exact) mass is 581 g/mol. The van der Waals surface area contributed by atoms with Gasteiger partial charge in [0.25, 0.3) is 0 Å². The van der Waals surface area contributed by atoms with Gasteiger partial charge >= 0.3 is 0 Å². The Balaban J connectivity index is 1.63. The lowest BCUT2D eigenvalue weighted by Crippen LogP contribution is -2.52. The van der Waals surface area contributed by atoms with Gasteiger partial charge in [0.15, 0.2) is 0 Å². The Hall–Kier alpha value is -4.75. The Kier molecular flexibility index (Phi) is 6.43. The lowest BCUT2D eigenvalue weighted by Gasteiger charge is -2.54. The third kappa shape index (κ3) is 3.70. The number of benzene rings is 4. The van der Waals surface area contributed by atoms with Crippen LogP contribution in [0.1, 0.15) is 49.9 Å². The minimum Gasteiger partial charge on any atom is -0.251 e. The van der Waals surface area contributed by atoms with E-state index in [1.54, 1.807) is 0 Å². The summed E-state index contributed by atoms with van der Waals surface area (Å²) in [6, 6.07) is 44.3. The van der Waals surface area contributed by atoms with Crippen molar-refractivity contribution in [3.05, 3.63) is 179 Å². The summed E-state index contributed by atoms with van der Waals surface area (Å²) in [4.78, 5) is 5.88. The van der Waals surface area contributed by atoms with E-state index in [2.05, 4.69) is 173 Å². The third-order valence-corrected chi connectivity index (χ3v) is 10.7. The molecule has 1 spiro atoms. The van der Waals surface area contributed by atoms with Gasteiger partial charge < -0.3 is 0 Å². The lowest BCUT2D eigenvalue weighted by molar-refractivity contribution is 0.158. The van der Waals surface area contributed by atoms with E-state index in [0.29, 0.717) is 11.8 Å². The van der Waals surface area contributed by atoms with Gasteiger partial charge in [-0.05, 0) is 50.8 Å². The van der Waals surface area contributed by atoms with Crippen molar-refractivity contribution >= 4 is 28.1 Å². The van der Waals surface area contributed by atoms with E-state index in [1.807, 2.05) is 0 Å². The van der Waals surface area contributed by atoms with E-state index >= 15 is 0 Å². The summed E-state index contributed by atoms with van der Waals surface area (Å²) < 4.78 is 0. The number of rotatable bonds is 6. The topological polar surface area (TPSA) is 12.4 Å². The molecule has 1 nitrogen and oxygen atoms in total. The molecule has 220 valence electrons. The molecular weight excluding hydrogens is 542 g/mol. The Bertz CT molecular complexity index is 1970. The minimum absolute atomic E-state index is 0.144. The molecule has 3 aliphatic carbocycles. The Morgan fingerprint density at radius 2 is 1.13 bits per heavy atom. The van der Waals surface area contributed by atoms with Gasteiger partial charge in [-0.15, -0.1) is 0 Å². The molecule has 0 saturated carbocycles. The lowest BCUT2D eigenvalue weighted by atomic mass is 9.46. The molecule has 0 radical (unpaired) electrons. The predicted molar refractivity (Wildman–Crippen MR) is 190 cm³/mol. The maximum absolute atomic E-state index is 5.88. The average molecular weight is 582 g/mol. The maximum Gasteiger partial charge on any atom is 0.0765 e. The average Bonchev–Trinajstić information content (AvgIpc) is 3.43. The second-order valence-corrected chi connectivity index (χ2v) is 13.5. The molecule has 3 unspecified atom stereocenters. The zero-order chi connectivity index (χ0) is 30.8. The van der Waals surface area contributed by atoms with Gasteiger partial charge in [-0.1, -0.05) is 173 Å². The molecule has 1 heterocycles. The van der Waals surface area contributed by atoms with Crippen LogP contribution in [0.25, 0.3) is 22.4 Å². The van der Waals surface area contributed by atoms with Crippen LogP contribution in [-0.2, 0) is 0 Å². The Morgan fingerprint density at radius 1 is 0.600 bits per heavy atom. The molecule has 4 aromatic carbocycles. The largest absolute Gasteiger partial charge is 0.251 e. The van der Waals surface area contributed by atoms with Gasteiger partial charge in [0.1, 0.15) is 0 Å².